The molecular formula is C41H24N6. The Morgan fingerprint density at radius 1 is 0.404 bits per heavy atom. The lowest BCUT2D eigenvalue weighted by Crippen LogP contribution is -1.95. The number of nitrogens with zero attached hydrogens (tertiary/aromatic N) is 6. The molecule has 0 radical (unpaired) electrons. The van der Waals surface area contributed by atoms with E-state index in [0.29, 0.717) is 0 Å². The van der Waals surface area contributed by atoms with Gasteiger partial charge in [0.1, 0.15) is 11.2 Å². The van der Waals surface area contributed by atoms with E-state index in [2.05, 4.69) is 139 Å². The number of imidazole rings is 1. The Bertz CT molecular complexity index is 3060. The van der Waals surface area contributed by atoms with E-state index in [-0.39, 0.29) is 0 Å². The zero-order valence-corrected chi connectivity index (χ0v) is 25.0. The van der Waals surface area contributed by atoms with Gasteiger partial charge in [-0.05, 0) is 60.0 Å². The van der Waals surface area contributed by atoms with Gasteiger partial charge in [-0.1, -0.05) is 66.7 Å². The quantitative estimate of drug-likeness (QED) is 0.186. The maximum absolute atomic E-state index is 5.25. The summed E-state index contributed by atoms with van der Waals surface area (Å²) in [6, 6.07) is 43.5. The van der Waals surface area contributed by atoms with Crippen molar-refractivity contribution in [2.45, 2.75) is 0 Å². The van der Waals surface area contributed by atoms with Crippen molar-refractivity contribution >= 4 is 82.0 Å². The number of hydrogen-bond donors (Lipinski definition) is 0. The Morgan fingerprint density at radius 3 is 1.91 bits per heavy atom. The Hall–Kier alpha value is -6.53. The van der Waals surface area contributed by atoms with Crippen LogP contribution in [0.3, 0.4) is 0 Å². The Balaban J connectivity index is 1.45. The van der Waals surface area contributed by atoms with Crippen LogP contribution in [0.25, 0.3) is 93.3 Å². The van der Waals surface area contributed by atoms with E-state index < -0.39 is 0 Å². The lowest BCUT2D eigenvalue weighted by molar-refractivity contribution is 1.17. The van der Waals surface area contributed by atoms with Crippen LogP contribution in [0, 0.1) is 0 Å². The molecule has 0 aliphatic heterocycles. The fraction of sp³-hybridized carbons (Fsp3) is 0. The number of benzene rings is 5. The maximum Gasteiger partial charge on any atom is 0.147 e. The molecule has 0 N–H and O–H groups in total. The number of rotatable bonds is 2. The molecule has 0 aliphatic rings. The van der Waals surface area contributed by atoms with Crippen molar-refractivity contribution in [2.75, 3.05) is 0 Å². The molecule has 11 rings (SSSR count). The standard InChI is InChI=1S/C41H24N6/c1-3-9-25(10-4-1)45-32-14-8-7-13-29(32)38-35(45)18-16-30-37-34(46(40(30)38)26-11-5-2-6-12-26)17-15-28-27-19-21-43-24-36(27)47-33-20-22-42-23-31(33)44-41(47)39(28)37/h1-24H. The lowest BCUT2D eigenvalue weighted by Gasteiger charge is -2.11. The first-order valence-corrected chi connectivity index (χ1v) is 15.8. The first-order valence-electron chi connectivity index (χ1n) is 15.8. The highest BCUT2D eigenvalue weighted by Gasteiger charge is 2.24. The number of para-hydroxylation sites is 3. The van der Waals surface area contributed by atoms with E-state index in [4.69, 9.17) is 4.98 Å². The zero-order valence-electron chi connectivity index (χ0n) is 25.0. The molecule has 0 spiro atoms. The number of fused-ring (bicyclic) bond motifs is 16. The lowest BCUT2D eigenvalue weighted by atomic mass is 10.0. The highest BCUT2D eigenvalue weighted by atomic mass is 15.0. The summed E-state index contributed by atoms with van der Waals surface area (Å²) >= 11 is 0. The van der Waals surface area contributed by atoms with Gasteiger partial charge in [0.05, 0.1) is 45.5 Å². The minimum absolute atomic E-state index is 0.863. The largest absolute Gasteiger partial charge is 0.309 e. The van der Waals surface area contributed by atoms with Crippen LogP contribution in [0.5, 0.6) is 0 Å². The van der Waals surface area contributed by atoms with Crippen LogP contribution in [-0.4, -0.2) is 28.5 Å². The van der Waals surface area contributed by atoms with Gasteiger partial charge < -0.3 is 9.13 Å². The molecule has 6 aromatic heterocycles. The fourth-order valence-electron chi connectivity index (χ4n) is 7.94. The molecule has 11 aromatic rings. The van der Waals surface area contributed by atoms with E-state index in [9.17, 15) is 0 Å². The minimum Gasteiger partial charge on any atom is -0.309 e. The average molecular weight is 601 g/mol. The summed E-state index contributed by atoms with van der Waals surface area (Å²) in [7, 11) is 0. The summed E-state index contributed by atoms with van der Waals surface area (Å²) in [5.41, 5.74) is 10.8. The van der Waals surface area contributed by atoms with Crippen LogP contribution in [0.1, 0.15) is 0 Å². The van der Waals surface area contributed by atoms with Gasteiger partial charge in [-0.3, -0.25) is 14.4 Å². The van der Waals surface area contributed by atoms with E-state index >= 15 is 0 Å². The highest BCUT2D eigenvalue weighted by Crippen LogP contribution is 2.45. The summed E-state index contributed by atoms with van der Waals surface area (Å²) < 4.78 is 7.10. The predicted octanol–water partition coefficient (Wildman–Crippen LogP) is 9.78. The Morgan fingerprint density at radius 2 is 1.09 bits per heavy atom. The van der Waals surface area contributed by atoms with Crippen molar-refractivity contribution < 1.29 is 0 Å². The molecule has 6 nitrogen and oxygen atoms in total. The van der Waals surface area contributed by atoms with Gasteiger partial charge in [0.2, 0.25) is 0 Å². The average Bonchev–Trinajstić information content (AvgIpc) is 3.80. The number of aromatic nitrogens is 6. The molecule has 0 unspecified atom stereocenters. The van der Waals surface area contributed by atoms with E-state index in [1.807, 2.05) is 30.9 Å². The summed E-state index contributed by atoms with van der Waals surface area (Å²) in [5.74, 6) is 0. The normalized spacial score (nSPS) is 12.3. The van der Waals surface area contributed by atoms with E-state index in [1.54, 1.807) is 0 Å². The second-order valence-electron chi connectivity index (χ2n) is 12.1. The molecule has 47 heavy (non-hydrogen) atoms. The van der Waals surface area contributed by atoms with Crippen molar-refractivity contribution in [2.24, 2.45) is 0 Å². The number of pyridine rings is 3. The van der Waals surface area contributed by atoms with Crippen LogP contribution in [0.4, 0.5) is 0 Å². The summed E-state index contributed by atoms with van der Waals surface area (Å²) in [6.07, 6.45) is 7.52. The molecule has 0 saturated heterocycles. The van der Waals surface area contributed by atoms with Crippen LogP contribution < -0.4 is 0 Å². The Labute approximate surface area is 267 Å². The molecule has 6 heteroatoms. The van der Waals surface area contributed by atoms with Crippen LogP contribution in [0.15, 0.2) is 146 Å². The fourth-order valence-corrected chi connectivity index (χ4v) is 7.94. The molecule has 0 atom stereocenters. The van der Waals surface area contributed by atoms with Crippen molar-refractivity contribution in [1.29, 1.82) is 0 Å². The van der Waals surface area contributed by atoms with E-state index in [0.717, 1.165) is 55.2 Å². The minimum atomic E-state index is 0.863. The Kier molecular flexibility index (Phi) is 4.75. The van der Waals surface area contributed by atoms with Gasteiger partial charge in [-0.15, -0.1) is 0 Å². The predicted molar refractivity (Wildman–Crippen MR) is 192 cm³/mol. The van der Waals surface area contributed by atoms with E-state index in [1.165, 1.54) is 38.1 Å². The molecule has 6 heterocycles. The molecule has 0 fully saturated rings. The first-order chi connectivity index (χ1) is 23.4. The van der Waals surface area contributed by atoms with Gasteiger partial charge in [0, 0.05) is 56.1 Å². The second kappa shape index (κ2) is 9.02. The van der Waals surface area contributed by atoms with Crippen molar-refractivity contribution in [3.8, 4) is 11.4 Å². The SMILES string of the molecule is c1ccc(-n2c3ccccc3c3c2ccc2c4c5c(ccc4n(-c4ccccc4)c23)c2ccncc2n2c3ccncc3nc52)cc1. The second-order valence-corrected chi connectivity index (χ2v) is 12.1. The molecule has 0 aliphatic carbocycles. The highest BCUT2D eigenvalue weighted by molar-refractivity contribution is 6.34. The van der Waals surface area contributed by atoms with Gasteiger partial charge in [-0.2, -0.15) is 0 Å². The van der Waals surface area contributed by atoms with Crippen molar-refractivity contribution in [3.05, 3.63) is 146 Å². The van der Waals surface area contributed by atoms with Crippen LogP contribution >= 0.6 is 0 Å². The third kappa shape index (κ3) is 3.16. The summed E-state index contributed by atoms with van der Waals surface area (Å²) in [6.45, 7) is 0. The molecule has 218 valence electrons. The van der Waals surface area contributed by atoms with Crippen LogP contribution in [0.2, 0.25) is 0 Å². The zero-order chi connectivity index (χ0) is 30.6. The molecular weight excluding hydrogens is 576 g/mol. The van der Waals surface area contributed by atoms with Gasteiger partial charge >= 0.3 is 0 Å². The molecule has 5 aromatic carbocycles. The van der Waals surface area contributed by atoms with Crippen molar-refractivity contribution in [1.82, 2.24) is 28.5 Å². The topological polar surface area (TPSA) is 52.9 Å². The smallest absolute Gasteiger partial charge is 0.147 e. The summed E-state index contributed by atoms with van der Waals surface area (Å²) in [4.78, 5) is 14.2. The molecule has 0 saturated carbocycles. The maximum atomic E-state index is 5.25. The van der Waals surface area contributed by atoms with Gasteiger partial charge in [0.15, 0.2) is 0 Å². The molecule has 0 bridgehead atoms. The van der Waals surface area contributed by atoms with Gasteiger partial charge in [-0.25, -0.2) is 4.98 Å². The number of hydrogen-bond acceptors (Lipinski definition) is 3. The third-order valence-corrected chi connectivity index (χ3v) is 9.77. The van der Waals surface area contributed by atoms with Crippen LogP contribution in [-0.2, 0) is 0 Å². The molecule has 0 amide bonds. The van der Waals surface area contributed by atoms with Gasteiger partial charge in [0.25, 0.3) is 0 Å². The van der Waals surface area contributed by atoms with Crippen molar-refractivity contribution in [3.63, 3.8) is 0 Å². The third-order valence-electron chi connectivity index (χ3n) is 9.77. The summed E-state index contributed by atoms with van der Waals surface area (Å²) in [5, 5.41) is 8.26. The monoisotopic (exact) mass is 600 g/mol. The first kappa shape index (κ1) is 24.8.